The van der Waals surface area contributed by atoms with Crippen LogP contribution in [-0.4, -0.2) is 67.4 Å². The number of carbonyl (C=O) groups excluding carboxylic acids is 1. The first-order valence-corrected chi connectivity index (χ1v) is 15.8. The Labute approximate surface area is 265 Å². The fourth-order valence-corrected chi connectivity index (χ4v) is 6.15. The van der Waals surface area contributed by atoms with E-state index >= 15 is 0 Å². The number of ether oxygens (including phenoxy) is 3. The third-order valence-corrected chi connectivity index (χ3v) is 8.66. The third-order valence-electron chi connectivity index (χ3n) is 8.66. The van der Waals surface area contributed by atoms with E-state index in [0.717, 1.165) is 50.0 Å². The molecule has 10 heteroatoms. The zero-order valence-corrected chi connectivity index (χ0v) is 26.6. The second-order valence-electron chi connectivity index (χ2n) is 12.4. The lowest BCUT2D eigenvalue weighted by molar-refractivity contribution is -0.137. The summed E-state index contributed by atoms with van der Waals surface area (Å²) in [6, 6.07) is 13.1. The average molecular weight is 617 g/mol. The summed E-state index contributed by atoms with van der Waals surface area (Å²) in [5, 5.41) is 9.39. The standard InChI is InChI=1S/C35H44N4O6/c1-23(2)21-39(30-6-5-14-37-34(30)44-4)35(42)28-10-9-27(43-3)19-31(28)38-16-12-24(13-17-38)22-45-32-18-26(11-15-36-32)29(20-33(40)41)25-7-8-25/h5-6,9-11,14-15,18-19,23-25,29H,7-8,12-13,16-17,20-22H2,1-4H3,(H,40,41). The quantitative estimate of drug-likeness (QED) is 0.231. The number of rotatable bonds is 14. The Hall–Kier alpha value is -4.34. The zero-order valence-electron chi connectivity index (χ0n) is 26.6. The summed E-state index contributed by atoms with van der Waals surface area (Å²) in [4.78, 5) is 38.4. The van der Waals surface area contributed by atoms with Gasteiger partial charge in [0.2, 0.25) is 11.8 Å². The topological polar surface area (TPSA) is 114 Å². The Balaban J connectivity index is 1.28. The van der Waals surface area contributed by atoms with Crippen molar-refractivity contribution in [1.82, 2.24) is 9.97 Å². The fourth-order valence-electron chi connectivity index (χ4n) is 6.15. The van der Waals surface area contributed by atoms with E-state index in [-0.39, 0.29) is 24.2 Å². The van der Waals surface area contributed by atoms with Crippen molar-refractivity contribution in [1.29, 1.82) is 0 Å². The molecule has 10 nitrogen and oxygen atoms in total. The molecule has 1 aliphatic carbocycles. The van der Waals surface area contributed by atoms with Gasteiger partial charge in [0.05, 0.1) is 38.5 Å². The van der Waals surface area contributed by atoms with Crippen molar-refractivity contribution in [3.63, 3.8) is 0 Å². The van der Waals surface area contributed by atoms with Crippen molar-refractivity contribution in [2.45, 2.75) is 51.9 Å². The van der Waals surface area contributed by atoms with Gasteiger partial charge < -0.3 is 29.1 Å². The van der Waals surface area contributed by atoms with Gasteiger partial charge in [0.25, 0.3) is 5.91 Å². The van der Waals surface area contributed by atoms with Gasteiger partial charge in [-0.05, 0) is 85.3 Å². The van der Waals surface area contributed by atoms with Crippen LogP contribution in [0.3, 0.4) is 0 Å². The van der Waals surface area contributed by atoms with Crippen LogP contribution in [0.1, 0.15) is 67.8 Å². The van der Waals surface area contributed by atoms with E-state index in [1.54, 1.807) is 31.5 Å². The lowest BCUT2D eigenvalue weighted by atomic mass is 9.92. The zero-order chi connectivity index (χ0) is 31.9. The Kier molecular flexibility index (Phi) is 10.4. The van der Waals surface area contributed by atoms with E-state index < -0.39 is 5.97 Å². The molecular weight excluding hydrogens is 572 g/mol. The van der Waals surface area contributed by atoms with E-state index in [1.807, 2.05) is 42.5 Å². The summed E-state index contributed by atoms with van der Waals surface area (Å²) in [5.41, 5.74) is 3.07. The van der Waals surface area contributed by atoms with Crippen molar-refractivity contribution >= 4 is 23.3 Å². The number of carbonyl (C=O) groups is 2. The summed E-state index contributed by atoms with van der Waals surface area (Å²) in [7, 11) is 3.20. The highest BCUT2D eigenvalue weighted by molar-refractivity contribution is 6.10. The third kappa shape index (κ3) is 8.04. The first-order chi connectivity index (χ1) is 21.8. The van der Waals surface area contributed by atoms with Crippen molar-refractivity contribution in [2.75, 3.05) is 50.3 Å². The minimum Gasteiger partial charge on any atom is -0.497 e. The number of piperidine rings is 1. The fraction of sp³-hybridized carbons (Fsp3) is 0.486. The summed E-state index contributed by atoms with van der Waals surface area (Å²) in [5.74, 6) is 1.74. The van der Waals surface area contributed by atoms with Gasteiger partial charge >= 0.3 is 5.97 Å². The van der Waals surface area contributed by atoms with E-state index in [1.165, 1.54) is 0 Å². The highest BCUT2D eigenvalue weighted by Crippen LogP contribution is 2.45. The molecule has 45 heavy (non-hydrogen) atoms. The number of aromatic nitrogens is 2. The van der Waals surface area contributed by atoms with E-state index in [9.17, 15) is 14.7 Å². The average Bonchev–Trinajstić information content (AvgIpc) is 3.90. The van der Waals surface area contributed by atoms with Gasteiger partial charge in [-0.3, -0.25) is 9.59 Å². The van der Waals surface area contributed by atoms with Crippen LogP contribution < -0.4 is 24.0 Å². The van der Waals surface area contributed by atoms with Crippen molar-refractivity contribution in [3.05, 3.63) is 66.0 Å². The van der Waals surface area contributed by atoms with Crippen LogP contribution in [0.2, 0.25) is 0 Å². The number of hydrogen-bond acceptors (Lipinski definition) is 8. The largest absolute Gasteiger partial charge is 0.497 e. The van der Waals surface area contributed by atoms with E-state index in [0.29, 0.717) is 53.7 Å². The Bertz CT molecular complexity index is 1470. The first kappa shape index (κ1) is 32.1. The molecule has 2 aliphatic rings. The van der Waals surface area contributed by atoms with Crippen LogP contribution in [0.5, 0.6) is 17.5 Å². The molecule has 1 aliphatic heterocycles. The molecule has 3 aromatic rings. The maximum Gasteiger partial charge on any atom is 0.303 e. The molecular formula is C35H44N4O6. The molecule has 1 N–H and O–H groups in total. The second kappa shape index (κ2) is 14.6. The number of nitrogens with zero attached hydrogens (tertiary/aromatic N) is 4. The number of aliphatic carboxylic acids is 1. The van der Waals surface area contributed by atoms with Crippen molar-refractivity contribution in [2.24, 2.45) is 17.8 Å². The number of benzene rings is 1. The number of hydrogen-bond donors (Lipinski definition) is 1. The van der Waals surface area contributed by atoms with Gasteiger partial charge in [-0.2, -0.15) is 0 Å². The van der Waals surface area contributed by atoms with Crippen LogP contribution in [0, 0.1) is 17.8 Å². The molecule has 3 heterocycles. The van der Waals surface area contributed by atoms with E-state index in [4.69, 9.17) is 14.2 Å². The van der Waals surface area contributed by atoms with Crippen molar-refractivity contribution in [3.8, 4) is 17.5 Å². The van der Waals surface area contributed by atoms with Gasteiger partial charge in [-0.1, -0.05) is 13.8 Å². The predicted molar refractivity (Wildman–Crippen MR) is 173 cm³/mol. The lowest BCUT2D eigenvalue weighted by Gasteiger charge is -2.35. The number of pyridine rings is 2. The normalized spacial score (nSPS) is 15.9. The van der Waals surface area contributed by atoms with Crippen LogP contribution in [0.25, 0.3) is 0 Å². The Morgan fingerprint density at radius 1 is 1.00 bits per heavy atom. The Morgan fingerprint density at radius 3 is 2.44 bits per heavy atom. The maximum absolute atomic E-state index is 14.2. The molecule has 1 atom stereocenters. The monoisotopic (exact) mass is 616 g/mol. The summed E-state index contributed by atoms with van der Waals surface area (Å²) < 4.78 is 17.2. The smallest absolute Gasteiger partial charge is 0.303 e. The molecule has 2 fully saturated rings. The predicted octanol–water partition coefficient (Wildman–Crippen LogP) is 6.06. The van der Waals surface area contributed by atoms with Gasteiger partial charge in [0, 0.05) is 44.2 Å². The summed E-state index contributed by atoms with van der Waals surface area (Å²) in [6.07, 6.45) is 7.43. The lowest BCUT2D eigenvalue weighted by Crippen LogP contribution is -2.39. The molecule has 0 bridgehead atoms. The SMILES string of the molecule is COc1ccc(C(=O)N(CC(C)C)c2cccnc2OC)c(N2CCC(COc3cc(C(CC(=O)O)C4CC4)ccn3)CC2)c1. The Morgan fingerprint density at radius 2 is 1.78 bits per heavy atom. The molecule has 1 saturated heterocycles. The summed E-state index contributed by atoms with van der Waals surface area (Å²) >= 11 is 0. The van der Waals surface area contributed by atoms with Crippen LogP contribution in [0.15, 0.2) is 54.9 Å². The summed E-state index contributed by atoms with van der Waals surface area (Å²) in [6.45, 7) is 6.73. The van der Waals surface area contributed by atoms with Gasteiger partial charge in [-0.25, -0.2) is 9.97 Å². The van der Waals surface area contributed by atoms with Crippen LogP contribution in [0.4, 0.5) is 11.4 Å². The molecule has 1 unspecified atom stereocenters. The van der Waals surface area contributed by atoms with Crippen LogP contribution >= 0.6 is 0 Å². The van der Waals surface area contributed by atoms with Crippen LogP contribution in [-0.2, 0) is 4.79 Å². The first-order valence-electron chi connectivity index (χ1n) is 15.8. The van der Waals surface area contributed by atoms with Gasteiger partial charge in [0.1, 0.15) is 11.4 Å². The van der Waals surface area contributed by atoms with Crippen molar-refractivity contribution < 1.29 is 28.9 Å². The molecule has 0 radical (unpaired) electrons. The molecule has 1 aromatic carbocycles. The van der Waals surface area contributed by atoms with Gasteiger partial charge in [0.15, 0.2) is 0 Å². The second-order valence-corrected chi connectivity index (χ2v) is 12.4. The minimum atomic E-state index is -0.775. The molecule has 0 spiro atoms. The molecule has 2 aromatic heterocycles. The highest BCUT2D eigenvalue weighted by Gasteiger charge is 2.34. The highest BCUT2D eigenvalue weighted by atomic mass is 16.5. The number of carboxylic acid groups (broad SMARTS) is 1. The number of amides is 1. The maximum atomic E-state index is 14.2. The molecule has 1 amide bonds. The van der Waals surface area contributed by atoms with Gasteiger partial charge in [-0.15, -0.1) is 0 Å². The van der Waals surface area contributed by atoms with E-state index in [2.05, 4.69) is 28.7 Å². The number of methoxy groups -OCH3 is 2. The minimum absolute atomic E-state index is 0.00608. The molecule has 5 rings (SSSR count). The molecule has 1 saturated carbocycles. The number of carboxylic acids is 1. The molecule has 240 valence electrons. The number of anilines is 2.